The van der Waals surface area contributed by atoms with Crippen LogP contribution in [0.4, 0.5) is 13.2 Å². The monoisotopic (exact) mass is 289 g/mol. The van der Waals surface area contributed by atoms with Crippen LogP contribution >= 0.6 is 0 Å². The van der Waals surface area contributed by atoms with Crippen LogP contribution in [0.25, 0.3) is 0 Å². The van der Waals surface area contributed by atoms with Gasteiger partial charge in [-0.05, 0) is 12.5 Å². The van der Waals surface area contributed by atoms with Gasteiger partial charge in [0.2, 0.25) is 5.91 Å². The van der Waals surface area contributed by atoms with Crippen LogP contribution < -0.4 is 5.32 Å². The summed E-state index contributed by atoms with van der Waals surface area (Å²) in [6, 6.07) is 6.41. The molecular formula is C13H14F3NO3. The zero-order valence-corrected chi connectivity index (χ0v) is 10.6. The Labute approximate surface area is 113 Å². The first-order chi connectivity index (χ1) is 9.20. The van der Waals surface area contributed by atoms with Gasteiger partial charge in [0.1, 0.15) is 6.04 Å². The van der Waals surface area contributed by atoms with Gasteiger partial charge >= 0.3 is 12.1 Å². The van der Waals surface area contributed by atoms with Crippen molar-refractivity contribution in [1.82, 2.24) is 5.32 Å². The quantitative estimate of drug-likeness (QED) is 0.874. The molecule has 2 N–H and O–H groups in total. The van der Waals surface area contributed by atoms with Gasteiger partial charge in [-0.3, -0.25) is 4.79 Å². The normalized spacial score (nSPS) is 14.4. The van der Waals surface area contributed by atoms with E-state index < -0.39 is 36.4 Å². The summed E-state index contributed by atoms with van der Waals surface area (Å²) < 4.78 is 36.7. The molecular weight excluding hydrogens is 275 g/mol. The predicted octanol–water partition coefficient (Wildman–Crippen LogP) is 2.31. The van der Waals surface area contributed by atoms with Gasteiger partial charge in [0.25, 0.3) is 0 Å². The molecule has 4 nitrogen and oxygen atoms in total. The maximum absolute atomic E-state index is 12.2. The fourth-order valence-electron chi connectivity index (χ4n) is 1.62. The Morgan fingerprint density at radius 3 is 2.25 bits per heavy atom. The molecule has 1 amide bonds. The Morgan fingerprint density at radius 2 is 1.80 bits per heavy atom. The first-order valence-electron chi connectivity index (χ1n) is 5.85. The average molecular weight is 289 g/mol. The largest absolute Gasteiger partial charge is 0.480 e. The molecule has 0 aliphatic rings. The van der Waals surface area contributed by atoms with Crippen LogP contribution in [0.3, 0.4) is 0 Å². The topological polar surface area (TPSA) is 66.4 Å². The summed E-state index contributed by atoms with van der Waals surface area (Å²) in [6.07, 6.45) is -6.26. The third-order valence-corrected chi connectivity index (χ3v) is 2.74. The van der Waals surface area contributed by atoms with Crippen LogP contribution in [0, 0.1) is 0 Å². The maximum atomic E-state index is 12.2. The summed E-state index contributed by atoms with van der Waals surface area (Å²) in [5.41, 5.74) is 0.598. The van der Waals surface area contributed by atoms with Gasteiger partial charge in [-0.15, -0.1) is 0 Å². The molecule has 0 bridgehead atoms. The van der Waals surface area contributed by atoms with E-state index in [1.807, 2.05) is 5.32 Å². The fraction of sp³-hybridized carbons (Fsp3) is 0.385. The Kier molecular flexibility index (Phi) is 5.12. The van der Waals surface area contributed by atoms with Crippen molar-refractivity contribution in [3.05, 3.63) is 35.9 Å². The molecule has 0 radical (unpaired) electrons. The number of carbonyl (C=O) groups is 2. The van der Waals surface area contributed by atoms with E-state index in [2.05, 4.69) is 0 Å². The van der Waals surface area contributed by atoms with E-state index in [1.54, 1.807) is 30.3 Å². The Balaban J connectivity index is 2.74. The number of alkyl halides is 3. The number of carboxylic acid groups (broad SMARTS) is 1. The molecule has 0 aliphatic heterocycles. The number of hydrogen-bond donors (Lipinski definition) is 2. The van der Waals surface area contributed by atoms with Crippen molar-refractivity contribution in [3.63, 3.8) is 0 Å². The fourth-order valence-corrected chi connectivity index (χ4v) is 1.62. The van der Waals surface area contributed by atoms with Crippen molar-refractivity contribution in [2.45, 2.75) is 31.5 Å². The summed E-state index contributed by atoms with van der Waals surface area (Å²) >= 11 is 0. The molecule has 1 aromatic carbocycles. The minimum Gasteiger partial charge on any atom is -0.480 e. The van der Waals surface area contributed by atoms with Crippen molar-refractivity contribution in [2.24, 2.45) is 0 Å². The highest BCUT2D eigenvalue weighted by molar-refractivity contribution is 5.87. The van der Waals surface area contributed by atoms with E-state index in [-0.39, 0.29) is 0 Å². The average Bonchev–Trinajstić information content (AvgIpc) is 2.36. The Morgan fingerprint density at radius 1 is 1.25 bits per heavy atom. The zero-order valence-electron chi connectivity index (χ0n) is 10.6. The number of hydrogen-bond acceptors (Lipinski definition) is 2. The molecule has 1 aromatic rings. The van der Waals surface area contributed by atoms with E-state index in [9.17, 15) is 22.8 Å². The lowest BCUT2D eigenvalue weighted by molar-refractivity contribution is -0.160. The molecule has 2 atom stereocenters. The molecule has 0 aliphatic carbocycles. The van der Waals surface area contributed by atoms with E-state index in [1.165, 1.54) is 6.92 Å². The van der Waals surface area contributed by atoms with E-state index >= 15 is 0 Å². The number of aliphatic carboxylic acids is 1. The van der Waals surface area contributed by atoms with Crippen LogP contribution in [0.2, 0.25) is 0 Å². The molecule has 0 heterocycles. The van der Waals surface area contributed by atoms with Crippen LogP contribution in [0.5, 0.6) is 0 Å². The number of nitrogens with one attached hydrogen (secondary N) is 1. The predicted molar refractivity (Wildman–Crippen MR) is 65.1 cm³/mol. The molecule has 0 saturated carbocycles. The van der Waals surface area contributed by atoms with Crippen LogP contribution in [-0.2, 0) is 9.59 Å². The lowest BCUT2D eigenvalue weighted by atomic mass is 10.00. The van der Waals surface area contributed by atoms with Crippen LogP contribution in [0.1, 0.15) is 24.8 Å². The molecule has 7 heteroatoms. The second-order valence-corrected chi connectivity index (χ2v) is 4.35. The number of rotatable bonds is 5. The van der Waals surface area contributed by atoms with Crippen molar-refractivity contribution in [2.75, 3.05) is 0 Å². The first kappa shape index (κ1) is 16.0. The summed E-state index contributed by atoms with van der Waals surface area (Å²) in [5.74, 6) is -3.20. The smallest absolute Gasteiger partial charge is 0.391 e. The van der Waals surface area contributed by atoms with Crippen molar-refractivity contribution in [1.29, 1.82) is 0 Å². The minimum atomic E-state index is -4.66. The van der Waals surface area contributed by atoms with Crippen LogP contribution in [-0.4, -0.2) is 29.2 Å². The highest BCUT2D eigenvalue weighted by Crippen LogP contribution is 2.22. The summed E-state index contributed by atoms with van der Waals surface area (Å²) in [5, 5.41) is 10.6. The standard InChI is InChI=1S/C13H14F3NO3/c1-8(9-5-3-2-4-6-9)11(18)17-10(12(19)20)7-13(14,15)16/h2-6,8,10H,7H2,1H3,(H,17,18)(H,19,20)/t8-,10?/m1/s1. The third kappa shape index (κ3) is 4.91. The lowest BCUT2D eigenvalue weighted by Crippen LogP contribution is -2.45. The van der Waals surface area contributed by atoms with E-state index in [0.29, 0.717) is 5.56 Å². The third-order valence-electron chi connectivity index (χ3n) is 2.74. The molecule has 0 aromatic heterocycles. The second-order valence-electron chi connectivity index (χ2n) is 4.35. The lowest BCUT2D eigenvalue weighted by Gasteiger charge is -2.19. The SMILES string of the molecule is C[C@@H](C(=O)NC(CC(F)(F)F)C(=O)O)c1ccccc1. The number of amides is 1. The molecule has 1 unspecified atom stereocenters. The van der Waals surface area contributed by atoms with Gasteiger partial charge in [0.15, 0.2) is 0 Å². The van der Waals surface area contributed by atoms with Crippen molar-refractivity contribution < 1.29 is 27.9 Å². The van der Waals surface area contributed by atoms with Gasteiger partial charge in [0, 0.05) is 0 Å². The first-order valence-corrected chi connectivity index (χ1v) is 5.85. The second kappa shape index (κ2) is 6.40. The molecule has 1 rings (SSSR count). The highest BCUT2D eigenvalue weighted by Gasteiger charge is 2.36. The molecule has 110 valence electrons. The Hall–Kier alpha value is -2.05. The molecule has 0 saturated heterocycles. The van der Waals surface area contributed by atoms with Gasteiger partial charge in [0.05, 0.1) is 12.3 Å². The zero-order chi connectivity index (χ0) is 15.3. The molecule has 0 spiro atoms. The maximum Gasteiger partial charge on any atom is 0.391 e. The summed E-state index contributed by atoms with van der Waals surface area (Å²) in [4.78, 5) is 22.6. The minimum absolute atomic E-state index is 0.598. The van der Waals surface area contributed by atoms with Crippen molar-refractivity contribution >= 4 is 11.9 Å². The van der Waals surface area contributed by atoms with Gasteiger partial charge in [-0.2, -0.15) is 13.2 Å². The summed E-state index contributed by atoms with van der Waals surface area (Å²) in [6.45, 7) is 1.50. The van der Waals surface area contributed by atoms with Crippen molar-refractivity contribution in [3.8, 4) is 0 Å². The number of halogens is 3. The summed E-state index contributed by atoms with van der Waals surface area (Å²) in [7, 11) is 0. The Bertz CT molecular complexity index is 473. The number of carbonyl (C=O) groups excluding carboxylic acids is 1. The number of benzene rings is 1. The molecule has 20 heavy (non-hydrogen) atoms. The number of carboxylic acids is 1. The van der Waals surface area contributed by atoms with Gasteiger partial charge in [-0.25, -0.2) is 4.79 Å². The van der Waals surface area contributed by atoms with Gasteiger partial charge in [-0.1, -0.05) is 30.3 Å². The molecule has 0 fully saturated rings. The van der Waals surface area contributed by atoms with E-state index in [4.69, 9.17) is 5.11 Å². The van der Waals surface area contributed by atoms with E-state index in [0.717, 1.165) is 0 Å². The van der Waals surface area contributed by atoms with Crippen LogP contribution in [0.15, 0.2) is 30.3 Å². The highest BCUT2D eigenvalue weighted by atomic mass is 19.4. The van der Waals surface area contributed by atoms with Gasteiger partial charge < -0.3 is 10.4 Å².